The summed E-state index contributed by atoms with van der Waals surface area (Å²) in [5.41, 5.74) is 0.458. The quantitative estimate of drug-likeness (QED) is 0.928. The van der Waals surface area contributed by atoms with Gasteiger partial charge in [-0.3, -0.25) is 4.68 Å². The van der Waals surface area contributed by atoms with E-state index < -0.39 is 11.9 Å². The lowest BCUT2D eigenvalue weighted by atomic mass is 10.1. The van der Waals surface area contributed by atoms with Crippen LogP contribution in [0.5, 0.6) is 5.75 Å². The fourth-order valence-corrected chi connectivity index (χ4v) is 1.77. The molecule has 1 atom stereocenters. The number of hydrogen-bond donors (Lipinski definition) is 1. The van der Waals surface area contributed by atoms with Gasteiger partial charge < -0.3 is 9.84 Å². The molecule has 0 aliphatic heterocycles. The zero-order chi connectivity index (χ0) is 13.1. The summed E-state index contributed by atoms with van der Waals surface area (Å²) in [6, 6.07) is 4.33. The third kappa shape index (κ3) is 2.80. The summed E-state index contributed by atoms with van der Waals surface area (Å²) >= 11 is 5.71. The van der Waals surface area contributed by atoms with Gasteiger partial charge in [0.1, 0.15) is 0 Å². The van der Waals surface area contributed by atoms with Crippen LogP contribution in [0, 0.1) is 5.82 Å². The molecular weight excluding hydrogens is 259 g/mol. The molecule has 0 fully saturated rings. The molecule has 0 aliphatic carbocycles. The van der Waals surface area contributed by atoms with Gasteiger partial charge in [-0.2, -0.15) is 5.10 Å². The second kappa shape index (κ2) is 5.37. The summed E-state index contributed by atoms with van der Waals surface area (Å²) in [6.45, 7) is 0.207. The van der Waals surface area contributed by atoms with Crippen LogP contribution in [-0.2, 0) is 6.54 Å². The summed E-state index contributed by atoms with van der Waals surface area (Å²) in [5, 5.41) is 14.4. The van der Waals surface area contributed by atoms with E-state index in [9.17, 15) is 9.50 Å². The summed E-state index contributed by atoms with van der Waals surface area (Å²) in [5.74, 6) is -0.361. The van der Waals surface area contributed by atoms with Crippen LogP contribution in [0.1, 0.15) is 11.7 Å². The number of aliphatic hydroxyl groups is 1. The van der Waals surface area contributed by atoms with Crippen LogP contribution in [0.15, 0.2) is 30.6 Å². The Morgan fingerprint density at radius 3 is 2.89 bits per heavy atom. The van der Waals surface area contributed by atoms with Gasteiger partial charge in [-0.25, -0.2) is 4.39 Å². The standard InChI is InChI=1S/C12H12ClFN2O2/c1-18-12-3-2-8(4-10(12)14)11(17)7-16-6-9(13)5-15-16/h2-6,11,17H,7H2,1H3. The Kier molecular flexibility index (Phi) is 3.84. The summed E-state index contributed by atoms with van der Waals surface area (Å²) < 4.78 is 19.8. The van der Waals surface area contributed by atoms with E-state index >= 15 is 0 Å². The van der Waals surface area contributed by atoms with Crippen LogP contribution in [0.25, 0.3) is 0 Å². The van der Waals surface area contributed by atoms with E-state index in [-0.39, 0.29) is 12.3 Å². The first-order chi connectivity index (χ1) is 8.60. The molecule has 1 unspecified atom stereocenters. The fraction of sp³-hybridized carbons (Fsp3) is 0.250. The second-order valence-corrected chi connectivity index (χ2v) is 4.23. The summed E-state index contributed by atoms with van der Waals surface area (Å²) in [7, 11) is 1.39. The lowest BCUT2D eigenvalue weighted by molar-refractivity contribution is 0.151. The fourth-order valence-electron chi connectivity index (χ4n) is 1.61. The Balaban J connectivity index is 2.13. The highest BCUT2D eigenvalue weighted by Crippen LogP contribution is 2.22. The van der Waals surface area contributed by atoms with Crippen LogP contribution in [0.3, 0.4) is 0 Å². The van der Waals surface area contributed by atoms with Crippen molar-refractivity contribution in [2.24, 2.45) is 0 Å². The highest BCUT2D eigenvalue weighted by molar-refractivity contribution is 6.30. The number of aromatic nitrogens is 2. The van der Waals surface area contributed by atoms with Crippen molar-refractivity contribution in [1.82, 2.24) is 9.78 Å². The molecule has 2 rings (SSSR count). The largest absolute Gasteiger partial charge is 0.494 e. The van der Waals surface area contributed by atoms with E-state index in [1.54, 1.807) is 12.3 Å². The molecule has 4 nitrogen and oxygen atoms in total. The van der Waals surface area contributed by atoms with Crippen LogP contribution in [-0.4, -0.2) is 22.0 Å². The minimum Gasteiger partial charge on any atom is -0.494 e. The minimum atomic E-state index is -0.860. The molecule has 0 bridgehead atoms. The van der Waals surface area contributed by atoms with Crippen molar-refractivity contribution in [1.29, 1.82) is 0 Å². The van der Waals surface area contributed by atoms with E-state index in [1.165, 1.54) is 30.1 Å². The van der Waals surface area contributed by atoms with Gasteiger partial charge >= 0.3 is 0 Å². The molecule has 0 radical (unpaired) electrons. The molecule has 1 aromatic carbocycles. The van der Waals surface area contributed by atoms with Crippen molar-refractivity contribution in [3.63, 3.8) is 0 Å². The van der Waals surface area contributed by atoms with E-state index in [1.807, 2.05) is 0 Å². The molecule has 6 heteroatoms. The zero-order valence-electron chi connectivity index (χ0n) is 9.68. The molecule has 0 saturated heterocycles. The molecule has 0 aliphatic rings. The number of halogens is 2. The van der Waals surface area contributed by atoms with Gasteiger partial charge in [-0.1, -0.05) is 17.7 Å². The van der Waals surface area contributed by atoms with Gasteiger partial charge in [0, 0.05) is 6.20 Å². The maximum absolute atomic E-state index is 13.5. The monoisotopic (exact) mass is 270 g/mol. The van der Waals surface area contributed by atoms with Crippen molar-refractivity contribution in [2.75, 3.05) is 7.11 Å². The van der Waals surface area contributed by atoms with Gasteiger partial charge in [0.25, 0.3) is 0 Å². The van der Waals surface area contributed by atoms with Gasteiger partial charge in [0.05, 0.1) is 31.0 Å². The van der Waals surface area contributed by atoms with Crippen LogP contribution in [0.2, 0.25) is 5.02 Å². The van der Waals surface area contributed by atoms with Crippen molar-refractivity contribution < 1.29 is 14.2 Å². The van der Waals surface area contributed by atoms with Crippen LogP contribution >= 0.6 is 11.6 Å². The van der Waals surface area contributed by atoms with Crippen LogP contribution < -0.4 is 4.74 Å². The molecule has 96 valence electrons. The third-order valence-corrected chi connectivity index (χ3v) is 2.72. The first-order valence-corrected chi connectivity index (χ1v) is 5.67. The molecule has 0 amide bonds. The Labute approximate surface area is 109 Å². The Bertz CT molecular complexity index is 545. The number of rotatable bonds is 4. The van der Waals surface area contributed by atoms with Crippen molar-refractivity contribution in [3.8, 4) is 5.75 Å². The molecule has 2 aromatic rings. The lowest BCUT2D eigenvalue weighted by Gasteiger charge is -2.12. The normalized spacial score (nSPS) is 12.4. The number of hydrogen-bond acceptors (Lipinski definition) is 3. The molecule has 1 N–H and O–H groups in total. The van der Waals surface area contributed by atoms with Crippen molar-refractivity contribution >= 4 is 11.6 Å². The maximum Gasteiger partial charge on any atom is 0.165 e. The average Bonchev–Trinajstić information content (AvgIpc) is 2.74. The number of methoxy groups -OCH3 is 1. The van der Waals surface area contributed by atoms with Gasteiger partial charge in [0.15, 0.2) is 11.6 Å². The first kappa shape index (κ1) is 12.9. The number of benzene rings is 1. The predicted molar refractivity (Wildman–Crippen MR) is 65.1 cm³/mol. The number of ether oxygens (including phenoxy) is 1. The highest BCUT2D eigenvalue weighted by Gasteiger charge is 2.12. The molecule has 18 heavy (non-hydrogen) atoms. The number of nitrogens with zero attached hydrogens (tertiary/aromatic N) is 2. The number of aliphatic hydroxyl groups excluding tert-OH is 1. The third-order valence-electron chi connectivity index (χ3n) is 2.52. The molecule has 0 saturated carbocycles. The topological polar surface area (TPSA) is 47.3 Å². The minimum absolute atomic E-state index is 0.146. The first-order valence-electron chi connectivity index (χ1n) is 5.29. The van der Waals surface area contributed by atoms with E-state index in [0.29, 0.717) is 10.6 Å². The lowest BCUT2D eigenvalue weighted by Crippen LogP contribution is -2.09. The van der Waals surface area contributed by atoms with E-state index in [0.717, 1.165) is 0 Å². The maximum atomic E-state index is 13.5. The SMILES string of the molecule is COc1ccc(C(O)Cn2cc(Cl)cn2)cc1F. The second-order valence-electron chi connectivity index (χ2n) is 3.79. The average molecular weight is 271 g/mol. The van der Waals surface area contributed by atoms with Gasteiger partial charge in [-0.15, -0.1) is 0 Å². The van der Waals surface area contributed by atoms with Crippen molar-refractivity contribution in [2.45, 2.75) is 12.6 Å². The molecule has 1 heterocycles. The Hall–Kier alpha value is -1.59. The highest BCUT2D eigenvalue weighted by atomic mass is 35.5. The molecule has 1 aromatic heterocycles. The van der Waals surface area contributed by atoms with Gasteiger partial charge in [0.2, 0.25) is 0 Å². The summed E-state index contributed by atoms with van der Waals surface area (Å²) in [4.78, 5) is 0. The molecule has 0 spiro atoms. The Morgan fingerprint density at radius 2 is 2.33 bits per heavy atom. The summed E-state index contributed by atoms with van der Waals surface area (Å²) in [6.07, 6.45) is 2.20. The van der Waals surface area contributed by atoms with Crippen molar-refractivity contribution in [3.05, 3.63) is 47.0 Å². The molecular formula is C12H12ClFN2O2. The predicted octanol–water partition coefficient (Wildman–Crippen LogP) is 2.42. The van der Waals surface area contributed by atoms with E-state index in [4.69, 9.17) is 16.3 Å². The smallest absolute Gasteiger partial charge is 0.165 e. The Morgan fingerprint density at radius 1 is 1.56 bits per heavy atom. The van der Waals surface area contributed by atoms with E-state index in [2.05, 4.69) is 5.10 Å². The van der Waals surface area contributed by atoms with Crippen LogP contribution in [0.4, 0.5) is 4.39 Å². The zero-order valence-corrected chi connectivity index (χ0v) is 10.4. The van der Waals surface area contributed by atoms with Gasteiger partial charge in [-0.05, 0) is 17.7 Å².